The van der Waals surface area contributed by atoms with Crippen LogP contribution in [0.5, 0.6) is 11.5 Å². The largest absolute Gasteiger partial charge is 0.490 e. The van der Waals surface area contributed by atoms with Gasteiger partial charge in [0.2, 0.25) is 0 Å². The molecule has 1 fully saturated rings. The Labute approximate surface area is 228 Å². The lowest BCUT2D eigenvalue weighted by atomic mass is 10.1. The first-order valence-corrected chi connectivity index (χ1v) is 12.1. The summed E-state index contributed by atoms with van der Waals surface area (Å²) in [6, 6.07) is 16.0. The molecule has 1 heterocycles. The Balaban J connectivity index is 1.56. The first-order valence-electron chi connectivity index (χ1n) is 12.1. The number of urea groups is 1. The van der Waals surface area contributed by atoms with Crippen molar-refractivity contribution < 1.29 is 33.6 Å². The van der Waals surface area contributed by atoms with Gasteiger partial charge in [0.15, 0.2) is 11.5 Å². The number of para-hydroxylation sites is 1. The number of nitrogens with one attached hydrogen (secondary N) is 1. The third-order valence-electron chi connectivity index (χ3n) is 5.76. The Bertz CT molecular complexity index is 1570. The van der Waals surface area contributed by atoms with E-state index in [2.05, 4.69) is 5.32 Å². The van der Waals surface area contributed by atoms with Gasteiger partial charge in [0, 0.05) is 18.2 Å². The zero-order chi connectivity index (χ0) is 28.8. The summed E-state index contributed by atoms with van der Waals surface area (Å²) >= 11 is 0. The van der Waals surface area contributed by atoms with E-state index < -0.39 is 28.7 Å². The number of nitrogens with zero attached hydrogens (tertiary/aromatic N) is 2. The van der Waals surface area contributed by atoms with Gasteiger partial charge in [-0.15, -0.1) is 0 Å². The fraction of sp³-hybridized carbons (Fsp3) is 0.103. The molecule has 1 N–H and O–H groups in total. The standard InChI is InChI=1S/C29H23N3O8/c1-3-39-25-17-20(10-14-24(25)40-26(33)15-11-19-8-12-21(13-9-19)32(37)38)16-22-27(34)30-29(36)31(28(22)35)23-7-5-4-6-18(23)2/h4-17H,3H2,1-2H3,(H,30,34,36)/b15-11+,22-16+. The van der Waals surface area contributed by atoms with Gasteiger partial charge in [-0.1, -0.05) is 24.3 Å². The van der Waals surface area contributed by atoms with E-state index in [1.165, 1.54) is 54.6 Å². The molecule has 11 heteroatoms. The summed E-state index contributed by atoms with van der Waals surface area (Å²) in [5.74, 6) is -2.07. The van der Waals surface area contributed by atoms with Crippen molar-refractivity contribution in [3.05, 3.63) is 105 Å². The number of non-ortho nitro benzene ring substituents is 1. The molecule has 0 bridgehead atoms. The number of amides is 4. The minimum atomic E-state index is -0.847. The second-order valence-electron chi connectivity index (χ2n) is 8.49. The number of imide groups is 2. The van der Waals surface area contributed by atoms with E-state index in [0.717, 1.165) is 11.0 Å². The summed E-state index contributed by atoms with van der Waals surface area (Å²) in [5, 5.41) is 13.0. The molecule has 202 valence electrons. The van der Waals surface area contributed by atoms with Crippen molar-refractivity contribution >= 4 is 47.3 Å². The number of nitro benzene ring substituents is 1. The van der Waals surface area contributed by atoms with Gasteiger partial charge < -0.3 is 9.47 Å². The lowest BCUT2D eigenvalue weighted by molar-refractivity contribution is -0.384. The van der Waals surface area contributed by atoms with Crippen molar-refractivity contribution in [3.63, 3.8) is 0 Å². The minimum absolute atomic E-state index is 0.0713. The lowest BCUT2D eigenvalue weighted by Gasteiger charge is -2.27. The fourth-order valence-corrected chi connectivity index (χ4v) is 3.84. The molecule has 40 heavy (non-hydrogen) atoms. The number of hydrogen-bond acceptors (Lipinski definition) is 8. The SMILES string of the molecule is CCOc1cc(/C=C2\C(=O)NC(=O)N(c3ccccc3C)C2=O)ccc1OC(=O)/C=C/c1ccc([N+](=O)[O-])cc1. The summed E-state index contributed by atoms with van der Waals surface area (Å²) in [6.45, 7) is 3.71. The molecule has 3 aromatic rings. The predicted molar refractivity (Wildman–Crippen MR) is 146 cm³/mol. The minimum Gasteiger partial charge on any atom is -0.490 e. The smallest absolute Gasteiger partial charge is 0.336 e. The summed E-state index contributed by atoms with van der Waals surface area (Å²) < 4.78 is 11.0. The third-order valence-corrected chi connectivity index (χ3v) is 5.76. The second kappa shape index (κ2) is 11.9. The fourth-order valence-electron chi connectivity index (χ4n) is 3.84. The highest BCUT2D eigenvalue weighted by atomic mass is 16.6. The van der Waals surface area contributed by atoms with Crippen LogP contribution in [-0.4, -0.2) is 35.3 Å². The van der Waals surface area contributed by atoms with Crippen LogP contribution in [0.2, 0.25) is 0 Å². The van der Waals surface area contributed by atoms with Crippen LogP contribution in [0, 0.1) is 17.0 Å². The molecule has 4 rings (SSSR count). The van der Waals surface area contributed by atoms with Crippen molar-refractivity contribution in [1.82, 2.24) is 5.32 Å². The van der Waals surface area contributed by atoms with E-state index in [9.17, 15) is 29.3 Å². The number of esters is 1. The maximum absolute atomic E-state index is 13.2. The highest BCUT2D eigenvalue weighted by molar-refractivity contribution is 6.39. The van der Waals surface area contributed by atoms with Gasteiger partial charge >= 0.3 is 12.0 Å². The van der Waals surface area contributed by atoms with Gasteiger partial charge in [-0.05, 0) is 73.0 Å². The molecule has 1 aliphatic heterocycles. The molecule has 0 radical (unpaired) electrons. The number of anilines is 1. The predicted octanol–water partition coefficient (Wildman–Crippen LogP) is 4.59. The monoisotopic (exact) mass is 541 g/mol. The Hall–Kier alpha value is -5.58. The van der Waals surface area contributed by atoms with Crippen molar-refractivity contribution in [1.29, 1.82) is 0 Å². The summed E-state index contributed by atoms with van der Waals surface area (Å²) in [7, 11) is 0. The van der Waals surface area contributed by atoms with Gasteiger partial charge in [-0.3, -0.25) is 25.0 Å². The normalized spacial score (nSPS) is 14.4. The molecular weight excluding hydrogens is 518 g/mol. The quantitative estimate of drug-likeness (QED) is 0.109. The number of nitro groups is 1. The van der Waals surface area contributed by atoms with Gasteiger partial charge in [0.1, 0.15) is 5.57 Å². The van der Waals surface area contributed by atoms with E-state index >= 15 is 0 Å². The van der Waals surface area contributed by atoms with Crippen molar-refractivity contribution in [2.24, 2.45) is 0 Å². The summed E-state index contributed by atoms with van der Waals surface area (Å²) in [4.78, 5) is 61.8. The molecule has 0 spiro atoms. The van der Waals surface area contributed by atoms with Crippen LogP contribution in [0.3, 0.4) is 0 Å². The van der Waals surface area contributed by atoms with Crippen molar-refractivity contribution in [2.75, 3.05) is 11.5 Å². The molecule has 1 saturated heterocycles. The van der Waals surface area contributed by atoms with Crippen LogP contribution in [0.15, 0.2) is 78.4 Å². The summed E-state index contributed by atoms with van der Waals surface area (Å²) in [5.41, 5.74) is 1.64. The Morgan fingerprint density at radius 1 is 1.00 bits per heavy atom. The maximum atomic E-state index is 13.2. The molecule has 0 unspecified atom stereocenters. The highest BCUT2D eigenvalue weighted by Crippen LogP contribution is 2.31. The third kappa shape index (κ3) is 6.10. The molecule has 4 amide bonds. The zero-order valence-electron chi connectivity index (χ0n) is 21.5. The molecule has 0 aliphatic carbocycles. The molecule has 11 nitrogen and oxygen atoms in total. The highest BCUT2D eigenvalue weighted by Gasteiger charge is 2.37. The molecule has 0 atom stereocenters. The van der Waals surface area contributed by atoms with E-state index in [-0.39, 0.29) is 29.4 Å². The number of aryl methyl sites for hydroxylation is 1. The molecule has 0 aromatic heterocycles. The van der Waals surface area contributed by atoms with Crippen molar-refractivity contribution in [2.45, 2.75) is 13.8 Å². The summed E-state index contributed by atoms with van der Waals surface area (Å²) in [6.07, 6.45) is 3.92. The molecule has 0 saturated carbocycles. The number of hydrogen-bond donors (Lipinski definition) is 1. The van der Waals surface area contributed by atoms with E-state index in [0.29, 0.717) is 22.4 Å². The number of carbonyl (C=O) groups excluding carboxylic acids is 4. The first-order chi connectivity index (χ1) is 19.2. The molecule has 3 aromatic carbocycles. The second-order valence-corrected chi connectivity index (χ2v) is 8.49. The average molecular weight is 542 g/mol. The Kier molecular flexibility index (Phi) is 8.14. The molecular formula is C29H23N3O8. The topological polar surface area (TPSA) is 145 Å². The van der Waals surface area contributed by atoms with E-state index in [4.69, 9.17) is 9.47 Å². The number of rotatable bonds is 8. The van der Waals surface area contributed by atoms with Crippen LogP contribution in [0.1, 0.15) is 23.6 Å². The van der Waals surface area contributed by atoms with Crippen molar-refractivity contribution in [3.8, 4) is 11.5 Å². The van der Waals surface area contributed by atoms with Crippen LogP contribution < -0.4 is 19.7 Å². The number of ether oxygens (including phenoxy) is 2. The van der Waals surface area contributed by atoms with Gasteiger partial charge in [-0.2, -0.15) is 0 Å². The number of barbiturate groups is 1. The van der Waals surface area contributed by atoms with E-state index in [1.54, 1.807) is 38.1 Å². The Morgan fingerprint density at radius 2 is 1.70 bits per heavy atom. The molecule has 1 aliphatic rings. The van der Waals surface area contributed by atoms with Gasteiger partial charge in [0.25, 0.3) is 17.5 Å². The number of carbonyl (C=O) groups is 4. The first kappa shape index (κ1) is 27.5. The van der Waals surface area contributed by atoms with Crippen LogP contribution in [0.25, 0.3) is 12.2 Å². The zero-order valence-corrected chi connectivity index (χ0v) is 21.5. The van der Waals surface area contributed by atoms with Crippen LogP contribution in [0.4, 0.5) is 16.2 Å². The number of benzene rings is 3. The van der Waals surface area contributed by atoms with Gasteiger partial charge in [-0.25, -0.2) is 14.5 Å². The van der Waals surface area contributed by atoms with Crippen LogP contribution in [-0.2, 0) is 14.4 Å². The lowest BCUT2D eigenvalue weighted by Crippen LogP contribution is -2.54. The van der Waals surface area contributed by atoms with E-state index in [1.807, 2.05) is 0 Å². The Morgan fingerprint density at radius 3 is 2.38 bits per heavy atom. The maximum Gasteiger partial charge on any atom is 0.336 e. The van der Waals surface area contributed by atoms with Crippen LogP contribution >= 0.6 is 0 Å². The van der Waals surface area contributed by atoms with Gasteiger partial charge in [0.05, 0.1) is 17.2 Å². The average Bonchev–Trinajstić information content (AvgIpc) is 2.92.